The second-order valence-corrected chi connectivity index (χ2v) is 10.6. The molecule has 15 heteroatoms. The van der Waals surface area contributed by atoms with Crippen molar-refractivity contribution in [2.24, 2.45) is 5.10 Å². The van der Waals surface area contributed by atoms with Crippen LogP contribution in [0.2, 0.25) is 10.0 Å². The summed E-state index contributed by atoms with van der Waals surface area (Å²) in [6.45, 7) is 3.66. The van der Waals surface area contributed by atoms with E-state index >= 15 is 0 Å². The van der Waals surface area contributed by atoms with Crippen LogP contribution in [0.3, 0.4) is 0 Å². The van der Waals surface area contributed by atoms with Crippen LogP contribution in [0.5, 0.6) is 0 Å². The highest BCUT2D eigenvalue weighted by atomic mass is 35.5. The van der Waals surface area contributed by atoms with Crippen LogP contribution in [-0.2, 0) is 4.79 Å². The average Bonchev–Trinajstić information content (AvgIpc) is 3.52. The van der Waals surface area contributed by atoms with Crippen LogP contribution >= 0.6 is 23.2 Å². The van der Waals surface area contributed by atoms with Crippen molar-refractivity contribution in [3.63, 3.8) is 0 Å². The molecule has 1 aliphatic rings. The van der Waals surface area contributed by atoms with E-state index in [-0.39, 0.29) is 24.9 Å². The van der Waals surface area contributed by atoms with Gasteiger partial charge in [-0.2, -0.15) is 10.2 Å². The van der Waals surface area contributed by atoms with Crippen LogP contribution in [0.4, 0.5) is 22.1 Å². The number of benzene rings is 2. The molecule has 1 atom stereocenters. The maximum atomic E-state index is 13.1. The fraction of sp³-hybridized carbons (Fsp3) is 0.222. The standard InChI is InChI=1S/C27H27Cl2N7O6/c1-27(2)25(35(39)26(38)31-20-9-5-18(28)6-10-20)34(21-11-7-19(29)8-12-21)17-33(27)16-23(37)32-30-15-3-4-22-13-14-24(42-22)36(40)41/h3-15,25,39H,16-17H2,1-2H3,(H,31,38)(H,32,37)/b4-3+,30-15+. The van der Waals surface area contributed by atoms with Crippen molar-refractivity contribution in [1.82, 2.24) is 15.4 Å². The molecule has 220 valence electrons. The van der Waals surface area contributed by atoms with Crippen molar-refractivity contribution < 1.29 is 24.1 Å². The first-order chi connectivity index (χ1) is 20.0. The number of halogens is 2. The second kappa shape index (κ2) is 13.0. The summed E-state index contributed by atoms with van der Waals surface area (Å²) in [7, 11) is 0. The highest BCUT2D eigenvalue weighted by Gasteiger charge is 2.51. The molecule has 0 aliphatic carbocycles. The number of carbonyl (C=O) groups is 2. The van der Waals surface area contributed by atoms with Gasteiger partial charge in [-0.15, -0.1) is 0 Å². The number of urea groups is 1. The molecule has 4 rings (SSSR count). The average molecular weight is 616 g/mol. The molecule has 3 amide bonds. The van der Waals surface area contributed by atoms with E-state index in [0.29, 0.717) is 26.5 Å². The number of furan rings is 1. The van der Waals surface area contributed by atoms with Crippen LogP contribution < -0.4 is 15.6 Å². The number of rotatable bonds is 9. The van der Waals surface area contributed by atoms with Crippen LogP contribution in [0.25, 0.3) is 6.08 Å². The molecule has 0 saturated carbocycles. The van der Waals surface area contributed by atoms with E-state index in [0.717, 1.165) is 0 Å². The van der Waals surface area contributed by atoms with Gasteiger partial charge in [0.25, 0.3) is 5.91 Å². The van der Waals surface area contributed by atoms with E-state index < -0.39 is 28.6 Å². The molecule has 2 aromatic carbocycles. The molecular weight excluding hydrogens is 589 g/mol. The lowest BCUT2D eigenvalue weighted by molar-refractivity contribution is -0.402. The first-order valence-corrected chi connectivity index (χ1v) is 13.3. The minimum atomic E-state index is -0.930. The Balaban J connectivity index is 1.46. The van der Waals surface area contributed by atoms with Gasteiger partial charge in [0, 0.05) is 27.6 Å². The zero-order valence-corrected chi connectivity index (χ0v) is 24.0. The molecule has 0 bridgehead atoms. The molecule has 2 heterocycles. The van der Waals surface area contributed by atoms with Crippen LogP contribution in [-0.4, -0.2) is 63.2 Å². The van der Waals surface area contributed by atoms with Gasteiger partial charge in [0.15, 0.2) is 6.17 Å². The number of allylic oxidation sites excluding steroid dienone is 1. The largest absolute Gasteiger partial charge is 0.433 e. The number of nitro groups is 1. The number of amides is 3. The SMILES string of the molecule is CC1(C)C(N(O)C(=O)Nc2ccc(Cl)cc2)N(c2ccc(Cl)cc2)CN1CC(=O)N/N=C/C=C/c1ccc([N+](=O)[O-])o1. The Hall–Kier alpha value is -4.43. The molecule has 1 unspecified atom stereocenters. The minimum absolute atomic E-state index is 0.119. The summed E-state index contributed by atoms with van der Waals surface area (Å²) in [4.78, 5) is 39.5. The van der Waals surface area contributed by atoms with Gasteiger partial charge in [0.05, 0.1) is 24.8 Å². The first kappa shape index (κ1) is 30.5. The van der Waals surface area contributed by atoms with Crippen molar-refractivity contribution in [1.29, 1.82) is 0 Å². The lowest BCUT2D eigenvalue weighted by atomic mass is 9.99. The number of nitrogens with zero attached hydrogens (tertiary/aromatic N) is 5. The molecule has 0 spiro atoms. The van der Waals surface area contributed by atoms with Gasteiger partial charge in [0.1, 0.15) is 10.7 Å². The molecular formula is C27H27Cl2N7O6. The molecule has 1 aromatic heterocycles. The molecule has 1 fully saturated rings. The number of carbonyl (C=O) groups excluding carboxylic acids is 2. The van der Waals surface area contributed by atoms with Crippen LogP contribution in [0.15, 0.2) is 76.3 Å². The second-order valence-electron chi connectivity index (χ2n) is 9.70. The third-order valence-corrected chi connectivity index (χ3v) is 7.00. The maximum absolute atomic E-state index is 13.1. The predicted octanol–water partition coefficient (Wildman–Crippen LogP) is 5.42. The molecule has 13 nitrogen and oxygen atoms in total. The number of hydrogen-bond acceptors (Lipinski definition) is 9. The summed E-state index contributed by atoms with van der Waals surface area (Å²) in [5.41, 5.74) is 2.59. The third kappa shape index (κ3) is 7.25. The van der Waals surface area contributed by atoms with Crippen LogP contribution in [0.1, 0.15) is 19.6 Å². The zero-order chi connectivity index (χ0) is 30.4. The van der Waals surface area contributed by atoms with Crippen molar-refractivity contribution in [2.45, 2.75) is 25.6 Å². The summed E-state index contributed by atoms with van der Waals surface area (Å²) in [6, 6.07) is 15.2. The highest BCUT2D eigenvalue weighted by Crippen LogP contribution is 2.36. The van der Waals surface area contributed by atoms with Gasteiger partial charge in [-0.3, -0.25) is 25.0 Å². The maximum Gasteiger partial charge on any atom is 0.433 e. The normalized spacial score (nSPS) is 16.7. The monoisotopic (exact) mass is 615 g/mol. The van der Waals surface area contributed by atoms with Crippen molar-refractivity contribution >= 4 is 64.7 Å². The molecule has 1 aliphatic heterocycles. The van der Waals surface area contributed by atoms with Gasteiger partial charge in [0.2, 0.25) is 0 Å². The van der Waals surface area contributed by atoms with Gasteiger partial charge in [-0.05, 0) is 80.6 Å². The molecule has 3 N–H and O–H groups in total. The number of hydrazone groups is 1. The Morgan fingerprint density at radius 2 is 1.79 bits per heavy atom. The van der Waals surface area contributed by atoms with Crippen LogP contribution in [0, 0.1) is 10.1 Å². The van der Waals surface area contributed by atoms with E-state index in [1.54, 1.807) is 72.2 Å². The topological polar surface area (TPSA) is 157 Å². The van der Waals surface area contributed by atoms with Crippen molar-refractivity contribution in [2.75, 3.05) is 23.4 Å². The molecule has 3 aromatic rings. The Labute approximate surface area is 250 Å². The number of nitrogens with one attached hydrogen (secondary N) is 2. The quantitative estimate of drug-likeness (QED) is 0.125. The summed E-state index contributed by atoms with van der Waals surface area (Å²) < 4.78 is 5.01. The van der Waals surface area contributed by atoms with Crippen molar-refractivity contribution in [3.05, 3.63) is 92.7 Å². The molecule has 0 radical (unpaired) electrons. The highest BCUT2D eigenvalue weighted by molar-refractivity contribution is 6.30. The Morgan fingerprint density at radius 3 is 2.40 bits per heavy atom. The zero-order valence-electron chi connectivity index (χ0n) is 22.5. The van der Waals surface area contributed by atoms with Crippen molar-refractivity contribution in [3.8, 4) is 0 Å². The number of anilines is 2. The van der Waals surface area contributed by atoms with E-state index in [1.165, 1.54) is 30.5 Å². The van der Waals surface area contributed by atoms with Gasteiger partial charge in [-0.1, -0.05) is 23.2 Å². The van der Waals surface area contributed by atoms with E-state index in [1.807, 2.05) is 0 Å². The summed E-state index contributed by atoms with van der Waals surface area (Å²) in [6.07, 6.45) is 3.28. The number of hydrogen-bond donors (Lipinski definition) is 3. The molecule has 42 heavy (non-hydrogen) atoms. The fourth-order valence-corrected chi connectivity index (χ4v) is 4.63. The lowest BCUT2D eigenvalue weighted by Crippen LogP contribution is -2.58. The van der Waals surface area contributed by atoms with Gasteiger partial charge < -0.3 is 14.6 Å². The predicted molar refractivity (Wildman–Crippen MR) is 158 cm³/mol. The smallest absolute Gasteiger partial charge is 0.401 e. The first-order valence-electron chi connectivity index (χ1n) is 12.5. The number of hydroxylamine groups is 2. The minimum Gasteiger partial charge on any atom is -0.401 e. The summed E-state index contributed by atoms with van der Waals surface area (Å²) in [5, 5.41) is 30.0. The third-order valence-electron chi connectivity index (χ3n) is 6.50. The summed E-state index contributed by atoms with van der Waals surface area (Å²) in [5.74, 6) is -0.587. The fourth-order valence-electron chi connectivity index (χ4n) is 4.38. The Bertz CT molecular complexity index is 1490. The van der Waals surface area contributed by atoms with Gasteiger partial charge >= 0.3 is 11.9 Å². The Kier molecular flexibility index (Phi) is 9.48. The summed E-state index contributed by atoms with van der Waals surface area (Å²) >= 11 is 12.0. The van der Waals surface area contributed by atoms with E-state index in [9.17, 15) is 24.9 Å². The van der Waals surface area contributed by atoms with Gasteiger partial charge in [-0.25, -0.2) is 10.2 Å². The molecule has 1 saturated heterocycles. The Morgan fingerprint density at radius 1 is 1.14 bits per heavy atom. The van der Waals surface area contributed by atoms with E-state index in [2.05, 4.69) is 15.8 Å². The van der Waals surface area contributed by atoms with E-state index in [4.69, 9.17) is 27.6 Å². The lowest BCUT2D eigenvalue weighted by Gasteiger charge is -2.39.